The van der Waals surface area contributed by atoms with Crippen LogP contribution in [-0.2, 0) is 11.3 Å². The van der Waals surface area contributed by atoms with Gasteiger partial charge in [-0.15, -0.1) is 0 Å². The van der Waals surface area contributed by atoms with E-state index in [1.165, 1.54) is 19.2 Å². The maximum Gasteiger partial charge on any atom is 0.126 e. The third-order valence-corrected chi connectivity index (χ3v) is 2.07. The van der Waals surface area contributed by atoms with Gasteiger partial charge in [-0.05, 0) is 12.1 Å². The summed E-state index contributed by atoms with van der Waals surface area (Å²) in [6.45, 7) is 0.290. The van der Waals surface area contributed by atoms with E-state index in [4.69, 9.17) is 27.9 Å². The largest absolute Gasteiger partial charge is 0.380 e. The average molecular weight is 209 g/mol. The minimum atomic E-state index is -0.440. The number of halogens is 3. The van der Waals surface area contributed by atoms with E-state index in [1.54, 1.807) is 0 Å². The second-order valence-corrected chi connectivity index (χ2v) is 3.10. The molecule has 0 fully saturated rings. The van der Waals surface area contributed by atoms with Crippen LogP contribution in [0.3, 0.4) is 0 Å². The van der Waals surface area contributed by atoms with E-state index in [-0.39, 0.29) is 6.61 Å². The van der Waals surface area contributed by atoms with E-state index >= 15 is 0 Å². The molecule has 1 rings (SSSR count). The van der Waals surface area contributed by atoms with Crippen molar-refractivity contribution < 1.29 is 9.13 Å². The van der Waals surface area contributed by atoms with Gasteiger partial charge >= 0.3 is 0 Å². The number of hydrogen-bond donors (Lipinski definition) is 0. The van der Waals surface area contributed by atoms with Crippen molar-refractivity contribution in [1.29, 1.82) is 0 Å². The van der Waals surface area contributed by atoms with Crippen molar-refractivity contribution in [3.8, 4) is 0 Å². The molecule has 0 saturated carbocycles. The van der Waals surface area contributed by atoms with E-state index in [9.17, 15) is 4.39 Å². The van der Waals surface area contributed by atoms with Gasteiger partial charge in [0.25, 0.3) is 0 Å². The fourth-order valence-corrected chi connectivity index (χ4v) is 1.42. The zero-order chi connectivity index (χ0) is 9.14. The van der Waals surface area contributed by atoms with Crippen molar-refractivity contribution in [3.63, 3.8) is 0 Å². The summed E-state index contributed by atoms with van der Waals surface area (Å²) in [5.41, 5.74) is 0.613. The fraction of sp³-hybridized carbons (Fsp3) is 0.250. The first-order chi connectivity index (χ1) is 5.65. The molecule has 1 aromatic rings. The molecule has 0 aliphatic rings. The minimum Gasteiger partial charge on any atom is -0.380 e. The van der Waals surface area contributed by atoms with Crippen molar-refractivity contribution in [2.45, 2.75) is 6.61 Å². The molecule has 1 aromatic carbocycles. The maximum atomic E-state index is 12.6. The van der Waals surface area contributed by atoms with Gasteiger partial charge in [-0.1, -0.05) is 23.2 Å². The number of ether oxygens (including phenoxy) is 1. The van der Waals surface area contributed by atoms with E-state index in [2.05, 4.69) is 0 Å². The summed E-state index contributed by atoms with van der Waals surface area (Å²) < 4.78 is 17.5. The molecule has 0 heterocycles. The Labute approximate surface area is 80.0 Å². The lowest BCUT2D eigenvalue weighted by atomic mass is 10.2. The minimum absolute atomic E-state index is 0.290. The molecule has 0 spiro atoms. The van der Waals surface area contributed by atoms with Crippen LogP contribution in [0.15, 0.2) is 12.1 Å². The van der Waals surface area contributed by atoms with Gasteiger partial charge in [-0.25, -0.2) is 4.39 Å². The summed E-state index contributed by atoms with van der Waals surface area (Å²) in [5.74, 6) is -0.440. The van der Waals surface area contributed by atoms with Crippen LogP contribution < -0.4 is 0 Å². The summed E-state index contributed by atoms with van der Waals surface area (Å²) in [5, 5.41) is 0.587. The Hall–Kier alpha value is -0.310. The normalized spacial score (nSPS) is 10.3. The summed E-state index contributed by atoms with van der Waals surface area (Å²) in [6.07, 6.45) is 0. The lowest BCUT2D eigenvalue weighted by Crippen LogP contribution is -1.91. The van der Waals surface area contributed by atoms with Gasteiger partial charge in [0.05, 0.1) is 16.7 Å². The third kappa shape index (κ3) is 2.09. The molecule has 0 bridgehead atoms. The summed E-state index contributed by atoms with van der Waals surface area (Å²) >= 11 is 11.4. The molecule has 66 valence electrons. The molecule has 12 heavy (non-hydrogen) atoms. The monoisotopic (exact) mass is 208 g/mol. The third-order valence-electron chi connectivity index (χ3n) is 1.39. The molecule has 4 heteroatoms. The zero-order valence-corrected chi connectivity index (χ0v) is 7.92. The summed E-state index contributed by atoms with van der Waals surface area (Å²) in [4.78, 5) is 0. The Kier molecular flexibility index (Phi) is 3.32. The number of rotatable bonds is 2. The van der Waals surface area contributed by atoms with Crippen LogP contribution >= 0.6 is 23.2 Å². The van der Waals surface area contributed by atoms with E-state index in [1.807, 2.05) is 0 Å². The van der Waals surface area contributed by atoms with Crippen LogP contribution in [0.2, 0.25) is 10.0 Å². The van der Waals surface area contributed by atoms with Gasteiger partial charge in [0.2, 0.25) is 0 Å². The van der Waals surface area contributed by atoms with E-state index < -0.39 is 5.82 Å². The van der Waals surface area contributed by atoms with Crippen LogP contribution in [0.25, 0.3) is 0 Å². The van der Waals surface area contributed by atoms with Crippen LogP contribution in [0.1, 0.15) is 5.56 Å². The predicted molar refractivity (Wildman–Crippen MR) is 47.1 cm³/mol. The lowest BCUT2D eigenvalue weighted by Gasteiger charge is -2.05. The summed E-state index contributed by atoms with van der Waals surface area (Å²) in [7, 11) is 1.52. The highest BCUT2D eigenvalue weighted by atomic mass is 35.5. The molecule has 0 atom stereocenters. The van der Waals surface area contributed by atoms with Crippen molar-refractivity contribution >= 4 is 23.2 Å². The molecule has 0 aliphatic heterocycles. The molecule has 0 unspecified atom stereocenters. The van der Waals surface area contributed by atoms with Gasteiger partial charge in [-0.2, -0.15) is 0 Å². The molecule has 0 aliphatic carbocycles. The molecule has 0 radical (unpaired) electrons. The smallest absolute Gasteiger partial charge is 0.126 e. The quantitative estimate of drug-likeness (QED) is 0.726. The molecule has 1 nitrogen and oxygen atoms in total. The first kappa shape index (κ1) is 9.78. The van der Waals surface area contributed by atoms with Crippen molar-refractivity contribution in [2.24, 2.45) is 0 Å². The van der Waals surface area contributed by atoms with Gasteiger partial charge in [0.15, 0.2) is 0 Å². The highest BCUT2D eigenvalue weighted by molar-refractivity contribution is 6.35. The second-order valence-electron chi connectivity index (χ2n) is 2.28. The highest BCUT2D eigenvalue weighted by Crippen LogP contribution is 2.26. The molecular formula is C8H7Cl2FO. The van der Waals surface area contributed by atoms with Gasteiger partial charge in [0.1, 0.15) is 5.82 Å². The Morgan fingerprint density at radius 2 is 1.83 bits per heavy atom. The van der Waals surface area contributed by atoms with E-state index in [0.29, 0.717) is 15.6 Å². The predicted octanol–water partition coefficient (Wildman–Crippen LogP) is 3.28. The fourth-order valence-electron chi connectivity index (χ4n) is 0.854. The van der Waals surface area contributed by atoms with Gasteiger partial charge < -0.3 is 4.74 Å². The molecule has 0 N–H and O–H groups in total. The molecule has 0 amide bonds. The topological polar surface area (TPSA) is 9.23 Å². The maximum absolute atomic E-state index is 12.6. The Morgan fingerprint density at radius 1 is 1.33 bits per heavy atom. The molecular weight excluding hydrogens is 202 g/mol. The zero-order valence-electron chi connectivity index (χ0n) is 6.40. The number of methoxy groups -OCH3 is 1. The lowest BCUT2D eigenvalue weighted by molar-refractivity contribution is 0.185. The number of benzene rings is 1. The van der Waals surface area contributed by atoms with Crippen LogP contribution in [0.5, 0.6) is 0 Å². The van der Waals surface area contributed by atoms with Crippen LogP contribution in [-0.4, -0.2) is 7.11 Å². The molecule has 0 saturated heterocycles. The first-order valence-electron chi connectivity index (χ1n) is 3.27. The van der Waals surface area contributed by atoms with Crippen LogP contribution in [0.4, 0.5) is 4.39 Å². The molecule has 0 aromatic heterocycles. The Morgan fingerprint density at radius 3 is 2.25 bits per heavy atom. The average Bonchev–Trinajstić information content (AvgIpc) is 1.96. The van der Waals surface area contributed by atoms with Gasteiger partial charge in [0, 0.05) is 12.7 Å². The first-order valence-corrected chi connectivity index (χ1v) is 4.03. The Bertz CT molecular complexity index is 265. The van der Waals surface area contributed by atoms with Gasteiger partial charge in [-0.3, -0.25) is 0 Å². The van der Waals surface area contributed by atoms with E-state index in [0.717, 1.165) is 0 Å². The SMILES string of the molecule is COCc1c(Cl)cc(F)cc1Cl. The standard InChI is InChI=1S/C8H7Cl2FO/c1-12-4-6-7(9)2-5(11)3-8(6)10/h2-3H,4H2,1H3. The van der Waals surface area contributed by atoms with Crippen LogP contribution in [0, 0.1) is 5.82 Å². The summed E-state index contributed by atoms with van der Waals surface area (Å²) in [6, 6.07) is 2.42. The van der Waals surface area contributed by atoms with Crippen molar-refractivity contribution in [3.05, 3.63) is 33.6 Å². The Balaban J connectivity index is 3.10. The highest BCUT2D eigenvalue weighted by Gasteiger charge is 2.07. The second kappa shape index (κ2) is 4.08. The van der Waals surface area contributed by atoms with Crippen molar-refractivity contribution in [1.82, 2.24) is 0 Å². The van der Waals surface area contributed by atoms with Crippen molar-refractivity contribution in [2.75, 3.05) is 7.11 Å². The number of hydrogen-bond acceptors (Lipinski definition) is 1.